The summed E-state index contributed by atoms with van der Waals surface area (Å²) in [7, 11) is 0. The minimum atomic E-state index is 0.0871. The molecule has 1 amide bonds. The van der Waals surface area contributed by atoms with Crippen LogP contribution in [0.5, 0.6) is 0 Å². The first kappa shape index (κ1) is 16.3. The Balaban J connectivity index is 1.92. The standard InChI is InChI=1S/C20H19N5O/c1-3-25-19-7-8-24(13(2)26)12-18(19)20(23-25)16-6-4-5-14-9-15(10-21)22-11-17(14)16/h4-6,9,11H,3,7-8,12H2,1-2H3. The minimum absolute atomic E-state index is 0.0871. The van der Waals surface area contributed by atoms with Gasteiger partial charge < -0.3 is 4.90 Å². The average Bonchev–Trinajstić information content (AvgIpc) is 3.04. The van der Waals surface area contributed by atoms with Gasteiger partial charge in [-0.05, 0) is 18.4 Å². The van der Waals surface area contributed by atoms with Crippen molar-refractivity contribution in [1.29, 1.82) is 5.26 Å². The normalized spacial score (nSPS) is 13.5. The van der Waals surface area contributed by atoms with Crippen LogP contribution in [0.15, 0.2) is 30.5 Å². The second-order valence-electron chi connectivity index (χ2n) is 6.49. The van der Waals surface area contributed by atoms with Gasteiger partial charge in [-0.3, -0.25) is 9.48 Å². The lowest BCUT2D eigenvalue weighted by molar-refractivity contribution is -0.129. The first-order chi connectivity index (χ1) is 12.6. The van der Waals surface area contributed by atoms with Crippen molar-refractivity contribution in [2.45, 2.75) is 33.4 Å². The Labute approximate surface area is 151 Å². The number of amides is 1. The number of nitriles is 1. The summed E-state index contributed by atoms with van der Waals surface area (Å²) in [6, 6.07) is 9.87. The molecule has 1 aliphatic heterocycles. The quantitative estimate of drug-likeness (QED) is 0.716. The highest BCUT2D eigenvalue weighted by Crippen LogP contribution is 2.34. The number of hydrogen-bond acceptors (Lipinski definition) is 4. The number of aromatic nitrogens is 3. The predicted molar refractivity (Wildman–Crippen MR) is 98.1 cm³/mol. The summed E-state index contributed by atoms with van der Waals surface area (Å²) in [6.45, 7) is 5.80. The molecule has 0 atom stereocenters. The molecule has 1 aromatic carbocycles. The van der Waals surface area contributed by atoms with Crippen molar-refractivity contribution in [3.8, 4) is 17.3 Å². The molecule has 4 rings (SSSR count). The molecule has 0 aliphatic carbocycles. The van der Waals surface area contributed by atoms with Crippen molar-refractivity contribution in [3.05, 3.63) is 47.4 Å². The number of nitrogens with zero attached hydrogens (tertiary/aromatic N) is 5. The average molecular weight is 345 g/mol. The molecule has 1 aliphatic rings. The minimum Gasteiger partial charge on any atom is -0.338 e. The largest absolute Gasteiger partial charge is 0.338 e. The molecule has 0 fully saturated rings. The summed E-state index contributed by atoms with van der Waals surface area (Å²) in [5.41, 5.74) is 4.63. The maximum Gasteiger partial charge on any atom is 0.219 e. The lowest BCUT2D eigenvalue weighted by Gasteiger charge is -2.26. The number of pyridine rings is 1. The van der Waals surface area contributed by atoms with E-state index in [0.29, 0.717) is 12.2 Å². The van der Waals surface area contributed by atoms with E-state index in [1.165, 1.54) is 5.69 Å². The number of rotatable bonds is 2. The molecular formula is C20H19N5O. The number of carbonyl (C=O) groups excluding carboxylic acids is 1. The lowest BCUT2D eigenvalue weighted by Crippen LogP contribution is -2.34. The molecule has 0 saturated heterocycles. The maximum atomic E-state index is 11.9. The van der Waals surface area contributed by atoms with Gasteiger partial charge in [-0.2, -0.15) is 10.4 Å². The first-order valence-corrected chi connectivity index (χ1v) is 8.75. The summed E-state index contributed by atoms with van der Waals surface area (Å²) >= 11 is 0. The summed E-state index contributed by atoms with van der Waals surface area (Å²) in [5.74, 6) is 0.0871. The van der Waals surface area contributed by atoms with E-state index >= 15 is 0 Å². The van der Waals surface area contributed by atoms with E-state index < -0.39 is 0 Å². The molecule has 0 bridgehead atoms. The second-order valence-corrected chi connectivity index (χ2v) is 6.49. The molecule has 0 unspecified atom stereocenters. The first-order valence-electron chi connectivity index (χ1n) is 8.75. The summed E-state index contributed by atoms with van der Waals surface area (Å²) < 4.78 is 2.04. The SMILES string of the molecule is CCn1nc(-c2cccc3cc(C#N)ncc23)c2c1CCN(C(C)=O)C2. The Hall–Kier alpha value is -3.20. The summed E-state index contributed by atoms with van der Waals surface area (Å²) in [6.07, 6.45) is 2.56. The Morgan fingerprint density at radius 2 is 2.23 bits per heavy atom. The third-order valence-electron chi connectivity index (χ3n) is 5.01. The van der Waals surface area contributed by atoms with Crippen LogP contribution in [0.3, 0.4) is 0 Å². The van der Waals surface area contributed by atoms with Crippen LogP contribution in [0, 0.1) is 11.3 Å². The van der Waals surface area contributed by atoms with Gasteiger partial charge in [-0.25, -0.2) is 4.98 Å². The smallest absolute Gasteiger partial charge is 0.219 e. The Kier molecular flexibility index (Phi) is 3.92. The molecule has 3 aromatic rings. The van der Waals surface area contributed by atoms with E-state index in [0.717, 1.165) is 47.1 Å². The molecule has 6 heteroatoms. The van der Waals surface area contributed by atoms with Gasteiger partial charge in [0.05, 0.1) is 5.69 Å². The summed E-state index contributed by atoms with van der Waals surface area (Å²) in [5, 5.41) is 15.9. The van der Waals surface area contributed by atoms with E-state index in [-0.39, 0.29) is 5.91 Å². The van der Waals surface area contributed by atoms with Crippen LogP contribution < -0.4 is 0 Å². The highest BCUT2D eigenvalue weighted by Gasteiger charge is 2.27. The van der Waals surface area contributed by atoms with Gasteiger partial charge in [0.25, 0.3) is 0 Å². The number of aryl methyl sites for hydroxylation is 1. The van der Waals surface area contributed by atoms with Crippen LogP contribution in [0.25, 0.3) is 22.0 Å². The van der Waals surface area contributed by atoms with Crippen molar-refractivity contribution >= 4 is 16.7 Å². The molecule has 130 valence electrons. The zero-order valence-electron chi connectivity index (χ0n) is 14.9. The zero-order chi connectivity index (χ0) is 18.3. The van der Waals surface area contributed by atoms with E-state index in [1.54, 1.807) is 19.2 Å². The van der Waals surface area contributed by atoms with E-state index in [9.17, 15) is 4.79 Å². The van der Waals surface area contributed by atoms with Crippen molar-refractivity contribution in [3.63, 3.8) is 0 Å². The number of fused-ring (bicyclic) bond motifs is 2. The van der Waals surface area contributed by atoms with Crippen molar-refractivity contribution < 1.29 is 4.79 Å². The monoisotopic (exact) mass is 345 g/mol. The van der Waals surface area contributed by atoms with Gasteiger partial charge in [-0.1, -0.05) is 18.2 Å². The number of benzene rings is 1. The number of carbonyl (C=O) groups is 1. The molecule has 26 heavy (non-hydrogen) atoms. The van der Waals surface area contributed by atoms with Gasteiger partial charge in [0.15, 0.2) is 0 Å². The van der Waals surface area contributed by atoms with Crippen LogP contribution in [-0.2, 0) is 24.3 Å². The van der Waals surface area contributed by atoms with Gasteiger partial charge in [-0.15, -0.1) is 0 Å². The molecule has 0 saturated carbocycles. The molecule has 0 radical (unpaired) electrons. The van der Waals surface area contributed by atoms with Crippen LogP contribution in [0.1, 0.15) is 30.8 Å². The molecule has 6 nitrogen and oxygen atoms in total. The summed E-state index contributed by atoms with van der Waals surface area (Å²) in [4.78, 5) is 18.0. The zero-order valence-corrected chi connectivity index (χ0v) is 14.9. The van der Waals surface area contributed by atoms with Crippen molar-refractivity contribution in [1.82, 2.24) is 19.7 Å². The van der Waals surface area contributed by atoms with E-state index in [2.05, 4.69) is 18.0 Å². The highest BCUT2D eigenvalue weighted by molar-refractivity contribution is 5.96. The molecular weight excluding hydrogens is 326 g/mol. The predicted octanol–water partition coefficient (Wildman–Crippen LogP) is 2.89. The van der Waals surface area contributed by atoms with E-state index in [4.69, 9.17) is 10.4 Å². The fourth-order valence-electron chi connectivity index (χ4n) is 3.68. The van der Waals surface area contributed by atoms with Crippen molar-refractivity contribution in [2.24, 2.45) is 0 Å². The van der Waals surface area contributed by atoms with Gasteiger partial charge in [0.1, 0.15) is 11.8 Å². The Bertz CT molecular complexity index is 1060. The third-order valence-corrected chi connectivity index (χ3v) is 5.01. The van der Waals surface area contributed by atoms with Gasteiger partial charge in [0.2, 0.25) is 5.91 Å². The molecule has 0 N–H and O–H groups in total. The van der Waals surface area contributed by atoms with Crippen molar-refractivity contribution in [2.75, 3.05) is 6.54 Å². The van der Waals surface area contributed by atoms with Crippen LogP contribution in [0.2, 0.25) is 0 Å². The third kappa shape index (κ3) is 2.53. The van der Waals surface area contributed by atoms with Gasteiger partial charge in [0, 0.05) is 61.4 Å². The highest BCUT2D eigenvalue weighted by atomic mass is 16.2. The fraction of sp³-hybridized carbons (Fsp3) is 0.300. The van der Waals surface area contributed by atoms with Gasteiger partial charge >= 0.3 is 0 Å². The lowest BCUT2D eigenvalue weighted by atomic mass is 9.97. The second kappa shape index (κ2) is 6.26. The Morgan fingerprint density at radius 3 is 2.96 bits per heavy atom. The molecule has 0 spiro atoms. The maximum absolute atomic E-state index is 11.9. The molecule has 2 aromatic heterocycles. The Morgan fingerprint density at radius 1 is 1.38 bits per heavy atom. The van der Waals surface area contributed by atoms with Crippen LogP contribution in [0.4, 0.5) is 0 Å². The van der Waals surface area contributed by atoms with E-state index in [1.807, 2.05) is 27.8 Å². The fourth-order valence-corrected chi connectivity index (χ4v) is 3.68. The van der Waals surface area contributed by atoms with Crippen LogP contribution >= 0.6 is 0 Å². The number of hydrogen-bond donors (Lipinski definition) is 0. The van der Waals surface area contributed by atoms with Crippen LogP contribution in [-0.4, -0.2) is 32.1 Å². The molecule has 3 heterocycles. The topological polar surface area (TPSA) is 74.8 Å².